The summed E-state index contributed by atoms with van der Waals surface area (Å²) in [6.07, 6.45) is 4.40. The molecule has 1 heterocycles. The molecular weight excluding hydrogens is 360 g/mol. The van der Waals surface area contributed by atoms with Crippen LogP contribution in [-0.4, -0.2) is 30.7 Å². The molecule has 0 atom stereocenters. The largest absolute Gasteiger partial charge is 0.383 e. The van der Waals surface area contributed by atoms with Gasteiger partial charge in [-0.05, 0) is 36.1 Å². The van der Waals surface area contributed by atoms with Crippen LogP contribution < -0.4 is 5.32 Å². The molecule has 3 aromatic rings. The molecule has 2 aromatic carbocycles. The van der Waals surface area contributed by atoms with Gasteiger partial charge in [0.2, 0.25) is 5.91 Å². The van der Waals surface area contributed by atoms with Crippen molar-refractivity contribution in [2.45, 2.75) is 25.8 Å². The Morgan fingerprint density at radius 2 is 1.89 bits per heavy atom. The van der Waals surface area contributed by atoms with Gasteiger partial charge in [-0.1, -0.05) is 48.0 Å². The van der Waals surface area contributed by atoms with Gasteiger partial charge in [0.15, 0.2) is 0 Å². The summed E-state index contributed by atoms with van der Waals surface area (Å²) in [6.45, 7) is 1.84. The molecule has 0 aliphatic carbocycles. The number of hydrogen-bond acceptors (Lipinski definition) is 2. The molecule has 1 N–H and O–H groups in total. The molecule has 0 aliphatic heterocycles. The summed E-state index contributed by atoms with van der Waals surface area (Å²) >= 11 is 6.34. The Morgan fingerprint density at radius 3 is 2.70 bits per heavy atom. The fourth-order valence-electron chi connectivity index (χ4n) is 3.28. The summed E-state index contributed by atoms with van der Waals surface area (Å²) in [5, 5.41) is 4.89. The number of carbonyl (C=O) groups excluding carboxylic acids is 1. The summed E-state index contributed by atoms with van der Waals surface area (Å²) in [5.41, 5.74) is 3.56. The Balaban J connectivity index is 1.69. The molecule has 4 nitrogen and oxygen atoms in total. The van der Waals surface area contributed by atoms with Crippen molar-refractivity contribution in [2.75, 3.05) is 20.3 Å². The Hall–Kier alpha value is -2.30. The van der Waals surface area contributed by atoms with E-state index in [9.17, 15) is 4.79 Å². The molecule has 142 valence electrons. The number of benzene rings is 2. The minimum atomic E-state index is 0.0758. The van der Waals surface area contributed by atoms with Crippen molar-refractivity contribution in [3.05, 3.63) is 70.9 Å². The lowest BCUT2D eigenvalue weighted by molar-refractivity contribution is -0.121. The third-order valence-corrected chi connectivity index (χ3v) is 5.02. The first-order valence-electron chi connectivity index (χ1n) is 9.25. The number of aromatic nitrogens is 1. The van der Waals surface area contributed by atoms with Crippen LogP contribution in [0.3, 0.4) is 0 Å². The molecule has 0 saturated carbocycles. The molecule has 0 unspecified atom stereocenters. The summed E-state index contributed by atoms with van der Waals surface area (Å²) in [6, 6.07) is 16.3. The quantitative estimate of drug-likeness (QED) is 0.554. The number of amides is 1. The second-order valence-corrected chi connectivity index (χ2v) is 6.99. The van der Waals surface area contributed by atoms with E-state index in [0.717, 1.165) is 30.0 Å². The average molecular weight is 385 g/mol. The normalized spacial score (nSPS) is 11.0. The predicted molar refractivity (Wildman–Crippen MR) is 110 cm³/mol. The average Bonchev–Trinajstić information content (AvgIpc) is 3.02. The van der Waals surface area contributed by atoms with E-state index in [-0.39, 0.29) is 5.91 Å². The van der Waals surface area contributed by atoms with Gasteiger partial charge in [-0.2, -0.15) is 0 Å². The lowest BCUT2D eigenvalue weighted by Crippen LogP contribution is -2.26. The minimum Gasteiger partial charge on any atom is -0.383 e. The van der Waals surface area contributed by atoms with Gasteiger partial charge in [-0.15, -0.1) is 0 Å². The van der Waals surface area contributed by atoms with E-state index in [1.807, 2.05) is 18.2 Å². The highest BCUT2D eigenvalue weighted by Gasteiger charge is 2.10. The zero-order valence-electron chi connectivity index (χ0n) is 15.6. The van der Waals surface area contributed by atoms with Crippen LogP contribution in [0, 0.1) is 0 Å². The molecule has 1 amide bonds. The van der Waals surface area contributed by atoms with Crippen LogP contribution in [0.25, 0.3) is 10.9 Å². The maximum absolute atomic E-state index is 11.9. The SMILES string of the molecule is COCCNC(=O)CCCc1cn(Cc2ccccc2Cl)c2ccccc12. The van der Waals surface area contributed by atoms with Crippen LogP contribution in [0.5, 0.6) is 0 Å². The first-order chi connectivity index (χ1) is 13.2. The molecular formula is C22H25ClN2O2. The maximum Gasteiger partial charge on any atom is 0.220 e. The molecule has 1 aromatic heterocycles. The standard InChI is InChI=1S/C22H25ClN2O2/c1-27-14-13-24-22(26)12-6-8-17-15-25(21-11-5-3-9-19(17)21)16-18-7-2-4-10-20(18)23/h2-5,7,9-11,15H,6,8,12-14,16H2,1H3,(H,24,26). The van der Waals surface area contributed by atoms with Gasteiger partial charge in [0.1, 0.15) is 0 Å². The number of halogens is 1. The zero-order valence-corrected chi connectivity index (χ0v) is 16.3. The third-order valence-electron chi connectivity index (χ3n) is 4.65. The highest BCUT2D eigenvalue weighted by Crippen LogP contribution is 2.25. The van der Waals surface area contributed by atoms with Gasteiger partial charge in [0.05, 0.1) is 6.61 Å². The van der Waals surface area contributed by atoms with Gasteiger partial charge in [-0.25, -0.2) is 0 Å². The van der Waals surface area contributed by atoms with Crippen molar-refractivity contribution in [2.24, 2.45) is 0 Å². The van der Waals surface area contributed by atoms with Crippen molar-refractivity contribution < 1.29 is 9.53 Å². The number of aryl methyl sites for hydroxylation is 1. The first-order valence-corrected chi connectivity index (χ1v) is 9.62. The minimum absolute atomic E-state index is 0.0758. The molecule has 5 heteroatoms. The van der Waals surface area contributed by atoms with E-state index in [1.54, 1.807) is 7.11 Å². The number of nitrogens with zero attached hydrogens (tertiary/aromatic N) is 1. The smallest absolute Gasteiger partial charge is 0.220 e. The summed E-state index contributed by atoms with van der Waals surface area (Å²) in [7, 11) is 1.63. The Morgan fingerprint density at radius 1 is 1.11 bits per heavy atom. The van der Waals surface area contributed by atoms with Gasteiger partial charge < -0.3 is 14.6 Å². The van der Waals surface area contributed by atoms with Crippen LogP contribution in [-0.2, 0) is 22.5 Å². The highest BCUT2D eigenvalue weighted by molar-refractivity contribution is 6.31. The van der Waals surface area contributed by atoms with Gasteiger partial charge in [0.25, 0.3) is 0 Å². The van der Waals surface area contributed by atoms with E-state index in [0.29, 0.717) is 19.6 Å². The Kier molecular flexibility index (Phi) is 6.91. The van der Waals surface area contributed by atoms with Crippen molar-refractivity contribution in [3.8, 4) is 0 Å². The molecule has 0 aliphatic rings. The Labute approximate surface area is 165 Å². The van der Waals surface area contributed by atoms with Crippen molar-refractivity contribution >= 4 is 28.4 Å². The number of para-hydroxylation sites is 1. The van der Waals surface area contributed by atoms with Crippen LogP contribution >= 0.6 is 11.6 Å². The topological polar surface area (TPSA) is 43.3 Å². The summed E-state index contributed by atoms with van der Waals surface area (Å²) < 4.78 is 7.19. The number of nitrogens with one attached hydrogen (secondary N) is 1. The number of methoxy groups -OCH3 is 1. The van der Waals surface area contributed by atoms with Gasteiger partial charge in [-0.3, -0.25) is 4.79 Å². The van der Waals surface area contributed by atoms with Crippen molar-refractivity contribution in [1.29, 1.82) is 0 Å². The predicted octanol–water partition coefficient (Wildman–Crippen LogP) is 4.43. The fraction of sp³-hybridized carbons (Fsp3) is 0.318. The van der Waals surface area contributed by atoms with E-state index in [2.05, 4.69) is 46.4 Å². The van der Waals surface area contributed by atoms with E-state index >= 15 is 0 Å². The van der Waals surface area contributed by atoms with Gasteiger partial charge in [0, 0.05) is 48.7 Å². The van der Waals surface area contributed by atoms with Crippen molar-refractivity contribution in [3.63, 3.8) is 0 Å². The molecule has 0 radical (unpaired) electrons. The lowest BCUT2D eigenvalue weighted by atomic mass is 10.1. The van der Waals surface area contributed by atoms with E-state index in [4.69, 9.17) is 16.3 Å². The second kappa shape index (κ2) is 9.58. The second-order valence-electron chi connectivity index (χ2n) is 6.59. The molecule has 0 saturated heterocycles. The molecule has 0 spiro atoms. The lowest BCUT2D eigenvalue weighted by Gasteiger charge is -2.07. The monoisotopic (exact) mass is 384 g/mol. The van der Waals surface area contributed by atoms with E-state index < -0.39 is 0 Å². The van der Waals surface area contributed by atoms with Crippen molar-refractivity contribution in [1.82, 2.24) is 9.88 Å². The number of ether oxygens (including phenoxy) is 1. The number of hydrogen-bond donors (Lipinski definition) is 1. The van der Waals surface area contributed by atoms with Gasteiger partial charge >= 0.3 is 0 Å². The molecule has 0 bridgehead atoms. The zero-order chi connectivity index (χ0) is 19.1. The molecule has 3 rings (SSSR count). The highest BCUT2D eigenvalue weighted by atomic mass is 35.5. The molecule has 27 heavy (non-hydrogen) atoms. The third kappa shape index (κ3) is 5.12. The number of fused-ring (bicyclic) bond motifs is 1. The summed E-state index contributed by atoms with van der Waals surface area (Å²) in [5.74, 6) is 0.0758. The maximum atomic E-state index is 11.9. The summed E-state index contributed by atoms with van der Waals surface area (Å²) in [4.78, 5) is 11.9. The van der Waals surface area contributed by atoms with Crippen LogP contribution in [0.4, 0.5) is 0 Å². The van der Waals surface area contributed by atoms with Crippen LogP contribution in [0.2, 0.25) is 5.02 Å². The number of rotatable bonds is 9. The Bertz CT molecular complexity index is 904. The number of carbonyl (C=O) groups is 1. The van der Waals surface area contributed by atoms with E-state index in [1.165, 1.54) is 16.5 Å². The fourth-order valence-corrected chi connectivity index (χ4v) is 3.48. The first kappa shape index (κ1) is 19.5. The van der Waals surface area contributed by atoms with Crippen LogP contribution in [0.1, 0.15) is 24.0 Å². The molecule has 0 fully saturated rings. The van der Waals surface area contributed by atoms with Crippen LogP contribution in [0.15, 0.2) is 54.7 Å².